The Balaban J connectivity index is 1.47. The van der Waals surface area contributed by atoms with Crippen LogP contribution in [-0.4, -0.2) is 21.1 Å². The van der Waals surface area contributed by atoms with Crippen LogP contribution in [-0.2, 0) is 17.8 Å². The summed E-state index contributed by atoms with van der Waals surface area (Å²) >= 11 is 12.6. The molecule has 1 atom stereocenters. The van der Waals surface area contributed by atoms with Crippen LogP contribution >= 0.6 is 23.2 Å². The van der Waals surface area contributed by atoms with E-state index in [1.807, 2.05) is 30.3 Å². The maximum Gasteiger partial charge on any atom is 0.123 e. The van der Waals surface area contributed by atoms with Gasteiger partial charge in [0, 0.05) is 45.6 Å². The number of nitrogens with zero attached hydrogens (tertiary/aromatic N) is 3. The Morgan fingerprint density at radius 1 is 0.969 bits per heavy atom. The molecule has 0 N–H and O–H groups in total. The molecule has 0 amide bonds. The number of hydrogen-bond acceptors (Lipinski definition) is 3. The monoisotopic (exact) mass is 467 g/mol. The second-order valence-corrected chi connectivity index (χ2v) is 8.56. The van der Waals surface area contributed by atoms with E-state index in [0.29, 0.717) is 23.3 Å². The third kappa shape index (κ3) is 4.04. The van der Waals surface area contributed by atoms with Crippen LogP contribution < -0.4 is 0 Å². The van der Waals surface area contributed by atoms with Crippen molar-refractivity contribution in [2.45, 2.75) is 25.5 Å². The average Bonchev–Trinajstić information content (AvgIpc) is 3.37. The minimum atomic E-state index is -0.268. The largest absolute Gasteiger partial charge is 0.375 e. The number of pyridine rings is 1. The lowest BCUT2D eigenvalue weighted by atomic mass is 10.0. The van der Waals surface area contributed by atoms with Crippen molar-refractivity contribution in [2.24, 2.45) is 0 Å². The van der Waals surface area contributed by atoms with Crippen molar-refractivity contribution in [3.05, 3.63) is 94.2 Å². The van der Waals surface area contributed by atoms with Crippen molar-refractivity contribution in [1.29, 1.82) is 0 Å². The van der Waals surface area contributed by atoms with E-state index >= 15 is 0 Å². The van der Waals surface area contributed by atoms with Gasteiger partial charge in [-0.3, -0.25) is 4.98 Å². The summed E-state index contributed by atoms with van der Waals surface area (Å²) in [4.78, 5) is 9.09. The first-order chi connectivity index (χ1) is 15.6. The van der Waals surface area contributed by atoms with Crippen molar-refractivity contribution < 1.29 is 9.13 Å². The third-order valence-corrected chi connectivity index (χ3v) is 6.45. The lowest BCUT2D eigenvalue weighted by molar-refractivity contribution is 0.0926. The molecule has 2 aromatic heterocycles. The highest BCUT2D eigenvalue weighted by molar-refractivity contribution is 6.35. The van der Waals surface area contributed by atoms with Crippen LogP contribution in [0.3, 0.4) is 0 Å². The van der Waals surface area contributed by atoms with Gasteiger partial charge in [0.15, 0.2) is 0 Å². The van der Waals surface area contributed by atoms with Gasteiger partial charge in [0.25, 0.3) is 0 Å². The molecule has 7 heteroatoms. The molecule has 2 aromatic carbocycles. The molecule has 0 radical (unpaired) electrons. The topological polar surface area (TPSA) is 39.9 Å². The van der Waals surface area contributed by atoms with E-state index in [0.717, 1.165) is 46.7 Å². The Hall–Kier alpha value is -2.73. The average molecular weight is 468 g/mol. The summed E-state index contributed by atoms with van der Waals surface area (Å²) in [5, 5.41) is 1.20. The maximum atomic E-state index is 13.5. The number of aromatic nitrogens is 3. The van der Waals surface area contributed by atoms with Crippen LogP contribution in [0.5, 0.6) is 0 Å². The van der Waals surface area contributed by atoms with E-state index in [1.165, 1.54) is 12.1 Å². The van der Waals surface area contributed by atoms with Crippen molar-refractivity contribution >= 4 is 23.2 Å². The van der Waals surface area contributed by atoms with Crippen molar-refractivity contribution in [2.75, 3.05) is 6.61 Å². The third-order valence-electron chi connectivity index (χ3n) is 5.74. The molecule has 1 aliphatic rings. The fraction of sp³-hybridized carbons (Fsp3) is 0.200. The van der Waals surface area contributed by atoms with Crippen LogP contribution in [0, 0.1) is 5.82 Å². The van der Waals surface area contributed by atoms with Gasteiger partial charge in [0.1, 0.15) is 11.6 Å². The van der Waals surface area contributed by atoms with Gasteiger partial charge >= 0.3 is 0 Å². The first-order valence-electron chi connectivity index (χ1n) is 10.4. The molecule has 4 aromatic rings. The molecule has 0 fully saturated rings. The Labute approximate surface area is 195 Å². The minimum absolute atomic E-state index is 0.121. The molecule has 0 unspecified atom stereocenters. The number of fused-ring (bicyclic) bond motifs is 1. The number of aryl methyl sites for hydroxylation is 1. The highest BCUT2D eigenvalue weighted by atomic mass is 35.5. The van der Waals surface area contributed by atoms with Crippen molar-refractivity contribution in [1.82, 2.24) is 14.5 Å². The highest BCUT2D eigenvalue weighted by Gasteiger charge is 2.30. The van der Waals surface area contributed by atoms with Gasteiger partial charge in [-0.1, -0.05) is 29.3 Å². The first kappa shape index (κ1) is 21.1. The molecule has 0 spiro atoms. The number of imidazole rings is 1. The van der Waals surface area contributed by atoms with E-state index in [1.54, 1.807) is 24.5 Å². The van der Waals surface area contributed by atoms with Crippen LogP contribution in [0.25, 0.3) is 22.5 Å². The molecule has 0 aliphatic carbocycles. The zero-order chi connectivity index (χ0) is 22.1. The molecular weight excluding hydrogens is 448 g/mol. The Morgan fingerprint density at radius 3 is 2.41 bits per heavy atom. The number of halogens is 3. The molecule has 32 heavy (non-hydrogen) atoms. The molecule has 1 aliphatic heterocycles. The molecule has 4 nitrogen and oxygen atoms in total. The summed E-state index contributed by atoms with van der Waals surface area (Å²) in [7, 11) is 0. The lowest BCUT2D eigenvalue weighted by Gasteiger charge is -2.18. The van der Waals surface area contributed by atoms with Gasteiger partial charge in [-0.25, -0.2) is 9.37 Å². The van der Waals surface area contributed by atoms with Crippen LogP contribution in [0.1, 0.15) is 23.9 Å². The summed E-state index contributed by atoms with van der Waals surface area (Å²) in [6, 6.07) is 16.0. The molecule has 5 rings (SSSR count). The van der Waals surface area contributed by atoms with Crippen LogP contribution in [0.15, 0.2) is 67.0 Å². The number of ether oxygens (including phenoxy) is 1. The standard InChI is InChI=1S/C25H20Cl2FN3O/c26-21-2-1-3-22(27)20(21)15-32-14-19-8-9-23-30-24(16-4-6-18(28)7-5-16)25(31(19)23)17-10-12-29-13-11-17/h1-7,10-13,19H,8-9,14-15H2/t19-/m0/s1. The molecule has 0 bridgehead atoms. The van der Waals surface area contributed by atoms with Gasteiger partial charge in [0.05, 0.1) is 30.6 Å². The predicted molar refractivity (Wildman–Crippen MR) is 124 cm³/mol. The van der Waals surface area contributed by atoms with E-state index in [2.05, 4.69) is 9.55 Å². The molecule has 162 valence electrons. The summed E-state index contributed by atoms with van der Waals surface area (Å²) in [6.45, 7) is 0.848. The van der Waals surface area contributed by atoms with Gasteiger partial charge in [0.2, 0.25) is 0 Å². The first-order valence-corrected chi connectivity index (χ1v) is 11.2. The number of hydrogen-bond donors (Lipinski definition) is 0. The zero-order valence-corrected chi connectivity index (χ0v) is 18.7. The molecular formula is C25H20Cl2FN3O. The maximum absolute atomic E-state index is 13.5. The quantitative estimate of drug-likeness (QED) is 0.314. The van der Waals surface area contributed by atoms with Gasteiger partial charge < -0.3 is 9.30 Å². The molecule has 0 saturated carbocycles. The normalized spacial score (nSPS) is 15.2. The molecule has 0 saturated heterocycles. The van der Waals surface area contributed by atoms with Crippen LogP contribution in [0.2, 0.25) is 10.0 Å². The van der Waals surface area contributed by atoms with E-state index in [9.17, 15) is 4.39 Å². The lowest BCUT2D eigenvalue weighted by Crippen LogP contribution is -2.13. The summed E-state index contributed by atoms with van der Waals surface area (Å²) in [5.74, 6) is 0.732. The van der Waals surface area contributed by atoms with Gasteiger partial charge in [-0.15, -0.1) is 0 Å². The van der Waals surface area contributed by atoms with Gasteiger partial charge in [-0.2, -0.15) is 0 Å². The fourth-order valence-corrected chi connectivity index (χ4v) is 4.70. The second-order valence-electron chi connectivity index (χ2n) is 7.75. The smallest absolute Gasteiger partial charge is 0.123 e. The predicted octanol–water partition coefficient (Wildman–Crippen LogP) is 6.76. The fourth-order valence-electron chi connectivity index (χ4n) is 4.19. The second kappa shape index (κ2) is 9.02. The van der Waals surface area contributed by atoms with Gasteiger partial charge in [-0.05, 0) is 55.0 Å². The SMILES string of the molecule is Fc1ccc(-c2nc3n(c2-c2ccncc2)[C@H](COCc2c(Cl)cccc2Cl)CC3)cc1. The van der Waals surface area contributed by atoms with E-state index < -0.39 is 0 Å². The van der Waals surface area contributed by atoms with Crippen molar-refractivity contribution in [3.8, 4) is 22.5 Å². The summed E-state index contributed by atoms with van der Waals surface area (Å²) < 4.78 is 21.8. The Kier molecular flexibility index (Phi) is 5.96. The van der Waals surface area contributed by atoms with E-state index in [4.69, 9.17) is 32.9 Å². The summed E-state index contributed by atoms with van der Waals surface area (Å²) in [6.07, 6.45) is 5.31. The Morgan fingerprint density at radius 2 is 1.69 bits per heavy atom. The number of benzene rings is 2. The molecule has 3 heterocycles. The van der Waals surface area contributed by atoms with E-state index in [-0.39, 0.29) is 11.9 Å². The number of rotatable bonds is 6. The van der Waals surface area contributed by atoms with Crippen LogP contribution in [0.4, 0.5) is 4.39 Å². The Bertz CT molecular complexity index is 1220. The minimum Gasteiger partial charge on any atom is -0.375 e. The highest BCUT2D eigenvalue weighted by Crippen LogP contribution is 2.40. The summed E-state index contributed by atoms with van der Waals surface area (Å²) in [5.41, 5.74) is 4.52. The zero-order valence-electron chi connectivity index (χ0n) is 17.1. The van der Waals surface area contributed by atoms with Crippen molar-refractivity contribution in [3.63, 3.8) is 0 Å².